The summed E-state index contributed by atoms with van der Waals surface area (Å²) < 4.78 is 21.8. The Labute approximate surface area is 234 Å². The number of hydrogen-bond acceptors (Lipinski definition) is 9. The molecule has 0 aliphatic carbocycles. The van der Waals surface area contributed by atoms with Crippen LogP contribution in [0.4, 0.5) is 5.69 Å². The number of amides is 5. The Morgan fingerprint density at radius 3 is 2.27 bits per heavy atom. The first-order valence-electron chi connectivity index (χ1n) is 13.8. The van der Waals surface area contributed by atoms with E-state index in [-0.39, 0.29) is 48.1 Å². The maximum atomic E-state index is 13.1. The van der Waals surface area contributed by atoms with E-state index in [1.54, 1.807) is 12.1 Å². The third-order valence-electron chi connectivity index (χ3n) is 6.36. The third kappa shape index (κ3) is 9.19. The van der Waals surface area contributed by atoms with Crippen molar-refractivity contribution in [2.45, 2.75) is 64.5 Å². The van der Waals surface area contributed by atoms with Gasteiger partial charge in [0.1, 0.15) is 6.04 Å². The molecule has 1 aromatic carbocycles. The van der Waals surface area contributed by atoms with Crippen molar-refractivity contribution in [3.8, 4) is 0 Å². The summed E-state index contributed by atoms with van der Waals surface area (Å²) in [5, 5.41) is 4.90. The molecule has 2 aliphatic heterocycles. The van der Waals surface area contributed by atoms with E-state index in [9.17, 15) is 24.0 Å². The summed E-state index contributed by atoms with van der Waals surface area (Å²) in [5.41, 5.74) is 0.415. The lowest BCUT2D eigenvalue weighted by Crippen LogP contribution is -2.54. The molecular formula is C28H39N3O9. The lowest BCUT2D eigenvalue weighted by Gasteiger charge is -2.27. The number of fused-ring (bicyclic) bond motifs is 1. The van der Waals surface area contributed by atoms with Crippen molar-refractivity contribution in [3.63, 3.8) is 0 Å². The zero-order valence-corrected chi connectivity index (χ0v) is 23.2. The Morgan fingerprint density at radius 2 is 1.60 bits per heavy atom. The maximum absolute atomic E-state index is 13.1. The number of ether oxygens (including phenoxy) is 4. The van der Waals surface area contributed by atoms with Gasteiger partial charge in [0, 0.05) is 19.4 Å². The molecule has 220 valence electrons. The van der Waals surface area contributed by atoms with E-state index >= 15 is 0 Å². The van der Waals surface area contributed by atoms with Crippen LogP contribution < -0.4 is 10.6 Å². The number of benzene rings is 1. The Morgan fingerprint density at radius 1 is 0.925 bits per heavy atom. The second-order valence-corrected chi connectivity index (χ2v) is 9.79. The molecule has 0 bridgehead atoms. The van der Waals surface area contributed by atoms with Crippen molar-refractivity contribution in [1.82, 2.24) is 10.2 Å². The summed E-state index contributed by atoms with van der Waals surface area (Å²) in [7, 11) is 0. The van der Waals surface area contributed by atoms with Gasteiger partial charge in [0.2, 0.25) is 17.7 Å². The van der Waals surface area contributed by atoms with Crippen LogP contribution >= 0.6 is 0 Å². The molecule has 0 saturated carbocycles. The highest BCUT2D eigenvalue weighted by molar-refractivity contribution is 6.26. The summed E-state index contributed by atoms with van der Waals surface area (Å²) in [6.07, 6.45) is 2.76. The van der Waals surface area contributed by atoms with Gasteiger partial charge in [0.15, 0.2) is 0 Å². The lowest BCUT2D eigenvalue weighted by atomic mass is 10.0. The first-order chi connectivity index (χ1) is 19.3. The largest absolute Gasteiger partial charge is 0.379 e. The van der Waals surface area contributed by atoms with Crippen LogP contribution in [0.25, 0.3) is 0 Å². The fraction of sp³-hybridized carbons (Fsp3) is 0.607. The number of unbranched alkanes of at least 4 members (excludes halogenated alkanes) is 2. The molecule has 12 heteroatoms. The molecule has 2 aliphatic rings. The topological polar surface area (TPSA) is 150 Å². The van der Waals surface area contributed by atoms with Crippen molar-refractivity contribution in [2.75, 3.05) is 51.6 Å². The number of nitrogens with one attached hydrogen (secondary N) is 2. The fourth-order valence-electron chi connectivity index (χ4n) is 4.38. The number of rotatable bonds is 18. The van der Waals surface area contributed by atoms with E-state index in [0.29, 0.717) is 52.7 Å². The lowest BCUT2D eigenvalue weighted by molar-refractivity contribution is -0.136. The number of carbonyl (C=O) groups is 5. The van der Waals surface area contributed by atoms with Crippen molar-refractivity contribution < 1.29 is 42.9 Å². The summed E-state index contributed by atoms with van der Waals surface area (Å²) in [6, 6.07) is 3.56. The summed E-state index contributed by atoms with van der Waals surface area (Å²) in [6.45, 7) is 7.62. The number of nitrogens with zero attached hydrogens (tertiary/aromatic N) is 1. The molecule has 5 amide bonds. The van der Waals surface area contributed by atoms with Crippen LogP contribution in [0.5, 0.6) is 0 Å². The van der Waals surface area contributed by atoms with Crippen molar-refractivity contribution in [2.24, 2.45) is 0 Å². The second-order valence-electron chi connectivity index (χ2n) is 9.79. The van der Waals surface area contributed by atoms with E-state index in [0.717, 1.165) is 17.7 Å². The van der Waals surface area contributed by atoms with Crippen molar-refractivity contribution >= 4 is 35.2 Å². The van der Waals surface area contributed by atoms with Gasteiger partial charge in [-0.3, -0.25) is 34.2 Å². The van der Waals surface area contributed by atoms with Gasteiger partial charge in [-0.2, -0.15) is 0 Å². The number of piperidine rings is 1. The van der Waals surface area contributed by atoms with Gasteiger partial charge in [-0.15, -0.1) is 0 Å². The van der Waals surface area contributed by atoms with Crippen LogP contribution in [0.1, 0.15) is 73.1 Å². The number of anilines is 1. The zero-order chi connectivity index (χ0) is 28.9. The van der Waals surface area contributed by atoms with Crippen LogP contribution in [-0.4, -0.2) is 92.8 Å². The van der Waals surface area contributed by atoms with Gasteiger partial charge in [-0.05, 0) is 45.2 Å². The fourth-order valence-corrected chi connectivity index (χ4v) is 4.38. The summed E-state index contributed by atoms with van der Waals surface area (Å²) in [4.78, 5) is 63.1. The molecule has 1 aromatic rings. The van der Waals surface area contributed by atoms with Crippen molar-refractivity contribution in [1.29, 1.82) is 0 Å². The predicted molar refractivity (Wildman–Crippen MR) is 144 cm³/mol. The van der Waals surface area contributed by atoms with Crippen LogP contribution in [-0.2, 0) is 33.3 Å². The Hall–Kier alpha value is -3.19. The molecule has 12 nitrogen and oxygen atoms in total. The average molecular weight is 562 g/mol. The molecule has 2 N–H and O–H groups in total. The number of carbonyl (C=O) groups excluding carboxylic acids is 5. The first-order valence-corrected chi connectivity index (χ1v) is 13.8. The van der Waals surface area contributed by atoms with E-state index in [2.05, 4.69) is 10.6 Å². The van der Waals surface area contributed by atoms with E-state index in [1.807, 2.05) is 13.8 Å². The van der Waals surface area contributed by atoms with E-state index < -0.39 is 29.7 Å². The Kier molecular flexibility index (Phi) is 12.7. The van der Waals surface area contributed by atoms with E-state index in [4.69, 9.17) is 18.9 Å². The predicted octanol–water partition coefficient (Wildman–Crippen LogP) is 2.06. The highest BCUT2D eigenvalue weighted by atomic mass is 16.6. The van der Waals surface area contributed by atoms with Gasteiger partial charge in [0.05, 0.1) is 62.6 Å². The minimum atomic E-state index is -1.06. The molecule has 0 aromatic heterocycles. The third-order valence-corrected chi connectivity index (χ3v) is 6.36. The monoisotopic (exact) mass is 561 g/mol. The summed E-state index contributed by atoms with van der Waals surface area (Å²) in [5.74, 6) is -2.67. The maximum Gasteiger partial charge on any atom is 0.264 e. The second kappa shape index (κ2) is 16.2. The number of hydrogen-bond donors (Lipinski definition) is 2. The number of imide groups is 2. The van der Waals surface area contributed by atoms with Gasteiger partial charge >= 0.3 is 0 Å². The van der Waals surface area contributed by atoms with Gasteiger partial charge < -0.3 is 24.3 Å². The minimum absolute atomic E-state index is 0.0386. The average Bonchev–Trinajstić information content (AvgIpc) is 3.16. The summed E-state index contributed by atoms with van der Waals surface area (Å²) >= 11 is 0. The Bertz CT molecular complexity index is 1060. The molecule has 1 saturated heterocycles. The quantitative estimate of drug-likeness (QED) is 0.203. The molecule has 2 heterocycles. The normalized spacial score (nSPS) is 17.0. The van der Waals surface area contributed by atoms with Crippen LogP contribution in [0.2, 0.25) is 0 Å². The van der Waals surface area contributed by atoms with Gasteiger partial charge in [0.25, 0.3) is 11.8 Å². The first kappa shape index (κ1) is 31.3. The van der Waals surface area contributed by atoms with Gasteiger partial charge in [-0.25, -0.2) is 0 Å². The minimum Gasteiger partial charge on any atom is -0.379 e. The van der Waals surface area contributed by atoms with Crippen LogP contribution in [0.15, 0.2) is 18.2 Å². The van der Waals surface area contributed by atoms with Crippen LogP contribution in [0.3, 0.4) is 0 Å². The smallest absolute Gasteiger partial charge is 0.264 e. The molecule has 0 spiro atoms. The molecule has 3 rings (SSSR count). The Balaban J connectivity index is 1.29. The molecule has 1 atom stereocenters. The van der Waals surface area contributed by atoms with Gasteiger partial charge in [-0.1, -0.05) is 12.5 Å². The van der Waals surface area contributed by atoms with Crippen LogP contribution in [0, 0.1) is 0 Å². The highest BCUT2D eigenvalue weighted by Gasteiger charge is 2.45. The standard InChI is InChI=1S/C28H39N3O9/c1-19(2)40-18-17-39-16-15-38-14-13-37-12-5-3-4-9-23(32)29-21-8-6-7-20-25(21)28(36)31(27(20)35)22-10-11-24(33)30-26(22)34/h6-8,19,22H,3-5,9-18H2,1-2H3,(H,29,32)(H,30,33,34). The molecule has 1 fully saturated rings. The zero-order valence-electron chi connectivity index (χ0n) is 23.2. The van der Waals surface area contributed by atoms with E-state index in [1.165, 1.54) is 6.07 Å². The SMILES string of the molecule is CC(C)OCCOCCOCCOCCCCCC(=O)Nc1cccc2c1C(=O)N(C1CCC(=O)NC1=O)C2=O. The molecular weight excluding hydrogens is 522 g/mol. The molecule has 40 heavy (non-hydrogen) atoms. The highest BCUT2D eigenvalue weighted by Crippen LogP contribution is 2.32. The molecule has 1 unspecified atom stereocenters. The molecule has 0 radical (unpaired) electrons. The van der Waals surface area contributed by atoms with Crippen molar-refractivity contribution in [3.05, 3.63) is 29.3 Å².